The van der Waals surface area contributed by atoms with Crippen LogP contribution in [0.3, 0.4) is 0 Å². The lowest BCUT2D eigenvalue weighted by atomic mass is 10.1. The van der Waals surface area contributed by atoms with Crippen LogP contribution in [-0.4, -0.2) is 33.1 Å². The van der Waals surface area contributed by atoms with E-state index < -0.39 is 24.2 Å². The first kappa shape index (κ1) is 15.7. The topological polar surface area (TPSA) is 84.2 Å². The van der Waals surface area contributed by atoms with Crippen LogP contribution in [0.1, 0.15) is 15.9 Å². The van der Waals surface area contributed by atoms with E-state index in [2.05, 4.69) is 10.3 Å². The van der Waals surface area contributed by atoms with E-state index in [9.17, 15) is 14.0 Å². The van der Waals surface area contributed by atoms with E-state index in [-0.39, 0.29) is 11.1 Å². The summed E-state index contributed by atoms with van der Waals surface area (Å²) in [5.74, 6) is -2.74. The summed E-state index contributed by atoms with van der Waals surface area (Å²) >= 11 is 0. The van der Waals surface area contributed by atoms with Gasteiger partial charge in [0.25, 0.3) is 5.91 Å². The zero-order valence-electron chi connectivity index (χ0n) is 12.6. The summed E-state index contributed by atoms with van der Waals surface area (Å²) in [6.45, 7) is -0.0570. The van der Waals surface area contributed by atoms with E-state index in [0.717, 1.165) is 5.56 Å². The molecular formula is C17H14FN3O3. The fraction of sp³-hybridized carbons (Fsp3) is 0.118. The van der Waals surface area contributed by atoms with Crippen LogP contribution in [0.25, 0.3) is 11.0 Å². The van der Waals surface area contributed by atoms with Gasteiger partial charge in [-0.3, -0.25) is 9.59 Å². The zero-order valence-corrected chi connectivity index (χ0v) is 12.6. The first-order valence-corrected chi connectivity index (χ1v) is 7.23. The molecule has 2 N–H and O–H groups in total. The van der Waals surface area contributed by atoms with E-state index in [1.807, 2.05) is 30.3 Å². The van der Waals surface area contributed by atoms with Crippen LogP contribution in [0, 0.1) is 5.82 Å². The zero-order chi connectivity index (χ0) is 17.1. The Morgan fingerprint density at radius 2 is 1.92 bits per heavy atom. The van der Waals surface area contributed by atoms with Gasteiger partial charge in [-0.2, -0.15) is 0 Å². The molecule has 1 heterocycles. The minimum atomic E-state index is -1.20. The van der Waals surface area contributed by atoms with Crippen LogP contribution in [0.4, 0.5) is 4.39 Å². The molecular weight excluding hydrogens is 313 g/mol. The molecule has 122 valence electrons. The summed E-state index contributed by atoms with van der Waals surface area (Å²) in [5, 5.41) is 10.8. The molecule has 2 aromatic carbocycles. The number of carboxylic acids is 1. The highest BCUT2D eigenvalue weighted by atomic mass is 19.1. The molecule has 0 aliphatic carbocycles. The monoisotopic (exact) mass is 327 g/mol. The Balaban J connectivity index is 1.97. The second-order valence-electron chi connectivity index (χ2n) is 5.22. The molecule has 0 saturated carbocycles. The Bertz CT molecular complexity index is 906. The van der Waals surface area contributed by atoms with Gasteiger partial charge in [0.15, 0.2) is 0 Å². The van der Waals surface area contributed by atoms with Crippen molar-refractivity contribution in [1.29, 1.82) is 0 Å². The second-order valence-corrected chi connectivity index (χ2v) is 5.22. The van der Waals surface area contributed by atoms with Crippen LogP contribution < -0.4 is 5.32 Å². The van der Waals surface area contributed by atoms with Crippen molar-refractivity contribution in [2.45, 2.75) is 6.54 Å². The molecule has 0 radical (unpaired) electrons. The van der Waals surface area contributed by atoms with Gasteiger partial charge in [0, 0.05) is 6.54 Å². The third kappa shape index (κ3) is 3.10. The number of aromatic nitrogens is 2. The average molecular weight is 327 g/mol. The van der Waals surface area contributed by atoms with E-state index >= 15 is 0 Å². The van der Waals surface area contributed by atoms with Gasteiger partial charge in [0.1, 0.15) is 23.4 Å². The van der Waals surface area contributed by atoms with Crippen molar-refractivity contribution in [1.82, 2.24) is 14.9 Å². The Morgan fingerprint density at radius 3 is 2.62 bits per heavy atom. The summed E-state index contributed by atoms with van der Waals surface area (Å²) in [5.41, 5.74) is 1.59. The summed E-state index contributed by atoms with van der Waals surface area (Å²) in [6, 6.07) is 12.4. The Kier molecular flexibility index (Phi) is 4.24. The molecule has 7 heteroatoms. The van der Waals surface area contributed by atoms with E-state index in [1.165, 1.54) is 12.4 Å². The van der Waals surface area contributed by atoms with Gasteiger partial charge in [-0.05, 0) is 17.7 Å². The van der Waals surface area contributed by atoms with Crippen molar-refractivity contribution in [2.24, 2.45) is 0 Å². The third-order valence-corrected chi connectivity index (χ3v) is 3.56. The van der Waals surface area contributed by atoms with Crippen molar-refractivity contribution < 1.29 is 19.1 Å². The standard InChI is InChI=1S/C17H14FN3O3/c18-12-6-7-13-16(15(12)17(24)19-8-14(22)23)20-10-21(13)9-11-4-2-1-3-5-11/h1-7,10H,8-9H2,(H,19,24)(H,22,23). The molecule has 0 spiro atoms. The number of benzene rings is 2. The molecule has 3 aromatic rings. The average Bonchev–Trinajstić information content (AvgIpc) is 2.96. The van der Waals surface area contributed by atoms with Crippen molar-refractivity contribution >= 4 is 22.9 Å². The van der Waals surface area contributed by atoms with Gasteiger partial charge in [0.2, 0.25) is 0 Å². The van der Waals surface area contributed by atoms with E-state index in [4.69, 9.17) is 5.11 Å². The number of rotatable bonds is 5. The fourth-order valence-electron chi connectivity index (χ4n) is 2.47. The number of hydrogen-bond acceptors (Lipinski definition) is 3. The predicted molar refractivity (Wildman–Crippen MR) is 85.2 cm³/mol. The highest BCUT2D eigenvalue weighted by Gasteiger charge is 2.19. The van der Waals surface area contributed by atoms with Gasteiger partial charge in [-0.15, -0.1) is 0 Å². The normalized spacial score (nSPS) is 10.7. The molecule has 0 aliphatic rings. The number of imidazole rings is 1. The number of carbonyl (C=O) groups is 2. The second kappa shape index (κ2) is 6.49. The molecule has 6 nitrogen and oxygen atoms in total. The predicted octanol–water partition coefficient (Wildman–Crippen LogP) is 2.04. The summed E-state index contributed by atoms with van der Waals surface area (Å²) in [7, 11) is 0. The molecule has 1 aromatic heterocycles. The molecule has 0 fully saturated rings. The van der Waals surface area contributed by atoms with Gasteiger partial charge in [-0.25, -0.2) is 9.37 Å². The van der Waals surface area contributed by atoms with Crippen molar-refractivity contribution in [2.75, 3.05) is 6.54 Å². The number of aliphatic carboxylic acids is 1. The Hall–Kier alpha value is -3.22. The molecule has 24 heavy (non-hydrogen) atoms. The maximum absolute atomic E-state index is 14.1. The number of amides is 1. The van der Waals surface area contributed by atoms with E-state index in [1.54, 1.807) is 10.6 Å². The number of nitrogens with one attached hydrogen (secondary N) is 1. The van der Waals surface area contributed by atoms with Gasteiger partial charge in [0.05, 0.1) is 11.8 Å². The van der Waals surface area contributed by atoms with Crippen LogP contribution >= 0.6 is 0 Å². The van der Waals surface area contributed by atoms with Crippen LogP contribution in [0.5, 0.6) is 0 Å². The highest BCUT2D eigenvalue weighted by molar-refractivity contribution is 6.05. The highest BCUT2D eigenvalue weighted by Crippen LogP contribution is 2.21. The SMILES string of the molecule is O=C(O)CNC(=O)c1c(F)ccc2c1ncn2Cc1ccccc1. The smallest absolute Gasteiger partial charge is 0.322 e. The number of nitrogens with zero attached hydrogens (tertiary/aromatic N) is 2. The quantitative estimate of drug-likeness (QED) is 0.751. The summed E-state index contributed by atoms with van der Waals surface area (Å²) in [6.07, 6.45) is 1.53. The largest absolute Gasteiger partial charge is 0.480 e. The van der Waals surface area contributed by atoms with Crippen molar-refractivity contribution in [3.8, 4) is 0 Å². The van der Waals surface area contributed by atoms with Crippen LogP contribution in [-0.2, 0) is 11.3 Å². The minimum Gasteiger partial charge on any atom is -0.480 e. The summed E-state index contributed by atoms with van der Waals surface area (Å²) in [4.78, 5) is 26.8. The Labute approximate surface area is 136 Å². The fourth-order valence-corrected chi connectivity index (χ4v) is 2.47. The lowest BCUT2D eigenvalue weighted by molar-refractivity contribution is -0.135. The molecule has 0 unspecified atom stereocenters. The number of fused-ring (bicyclic) bond motifs is 1. The lowest BCUT2D eigenvalue weighted by Gasteiger charge is -2.07. The summed E-state index contributed by atoms with van der Waals surface area (Å²) < 4.78 is 15.9. The van der Waals surface area contributed by atoms with Crippen molar-refractivity contribution in [3.63, 3.8) is 0 Å². The molecule has 0 aliphatic heterocycles. The lowest BCUT2D eigenvalue weighted by Crippen LogP contribution is -2.30. The molecule has 0 atom stereocenters. The van der Waals surface area contributed by atoms with Crippen molar-refractivity contribution in [3.05, 3.63) is 65.7 Å². The number of carbonyl (C=O) groups excluding carboxylic acids is 1. The van der Waals surface area contributed by atoms with Crippen LogP contribution in [0.15, 0.2) is 48.8 Å². The third-order valence-electron chi connectivity index (χ3n) is 3.56. The minimum absolute atomic E-state index is 0.203. The van der Waals surface area contributed by atoms with Crippen LogP contribution in [0.2, 0.25) is 0 Å². The van der Waals surface area contributed by atoms with Gasteiger partial charge in [-0.1, -0.05) is 30.3 Å². The number of carboxylic acid groups (broad SMARTS) is 1. The molecule has 3 rings (SSSR count). The maximum atomic E-state index is 14.1. The maximum Gasteiger partial charge on any atom is 0.322 e. The Morgan fingerprint density at radius 1 is 1.17 bits per heavy atom. The molecule has 0 saturated heterocycles. The van der Waals surface area contributed by atoms with Gasteiger partial charge < -0.3 is 15.0 Å². The molecule has 1 amide bonds. The number of hydrogen-bond donors (Lipinski definition) is 2. The number of halogens is 1. The first-order chi connectivity index (χ1) is 11.6. The molecule has 0 bridgehead atoms. The van der Waals surface area contributed by atoms with E-state index in [0.29, 0.717) is 12.1 Å². The van der Waals surface area contributed by atoms with Gasteiger partial charge >= 0.3 is 5.97 Å². The first-order valence-electron chi connectivity index (χ1n) is 7.23.